The SMILES string of the molecule is CC(C)(c1ccc(C(N)(N)C(F)(F)F)cc1)c1ccc(C(N)(N)C(F)(F)F)cc1. The lowest BCUT2D eigenvalue weighted by Crippen LogP contribution is -2.57. The molecule has 2 rings (SSSR count). The van der Waals surface area contributed by atoms with E-state index in [9.17, 15) is 26.3 Å². The molecule has 160 valence electrons. The molecule has 0 saturated carbocycles. The van der Waals surface area contributed by atoms with Gasteiger partial charge in [0.1, 0.15) is 0 Å². The molecule has 0 aliphatic heterocycles. The smallest absolute Gasteiger partial charge is 0.302 e. The molecule has 29 heavy (non-hydrogen) atoms. The van der Waals surface area contributed by atoms with E-state index in [0.29, 0.717) is 11.1 Å². The molecule has 2 aromatic rings. The lowest BCUT2D eigenvalue weighted by atomic mass is 9.77. The number of alkyl halides is 6. The summed E-state index contributed by atoms with van der Waals surface area (Å²) in [7, 11) is 0. The molecule has 0 aromatic heterocycles. The zero-order valence-electron chi connectivity index (χ0n) is 15.7. The van der Waals surface area contributed by atoms with Gasteiger partial charge in [0.15, 0.2) is 11.3 Å². The van der Waals surface area contributed by atoms with Crippen molar-refractivity contribution in [3.63, 3.8) is 0 Å². The largest absolute Gasteiger partial charge is 0.423 e. The summed E-state index contributed by atoms with van der Waals surface area (Å²) < 4.78 is 77.9. The summed E-state index contributed by atoms with van der Waals surface area (Å²) >= 11 is 0. The van der Waals surface area contributed by atoms with Gasteiger partial charge in [0.25, 0.3) is 0 Å². The normalized spacial score (nSPS) is 14.2. The lowest BCUT2D eigenvalue weighted by Gasteiger charge is -2.31. The fourth-order valence-electron chi connectivity index (χ4n) is 2.82. The topological polar surface area (TPSA) is 104 Å². The third-order valence-corrected chi connectivity index (χ3v) is 5.11. The summed E-state index contributed by atoms with van der Waals surface area (Å²) in [6, 6.07) is 10.5. The summed E-state index contributed by atoms with van der Waals surface area (Å²) in [6.45, 7) is 3.53. The van der Waals surface area contributed by atoms with Crippen LogP contribution in [0.15, 0.2) is 48.5 Å². The molecular weight excluding hydrogens is 398 g/mol. The molecule has 0 saturated heterocycles. The van der Waals surface area contributed by atoms with Crippen molar-refractivity contribution < 1.29 is 26.3 Å². The molecule has 0 radical (unpaired) electrons. The van der Waals surface area contributed by atoms with Gasteiger partial charge in [-0.05, 0) is 22.3 Å². The second-order valence-corrected chi connectivity index (χ2v) is 7.51. The van der Waals surface area contributed by atoms with Gasteiger partial charge >= 0.3 is 12.4 Å². The molecule has 10 heteroatoms. The van der Waals surface area contributed by atoms with E-state index in [1.807, 2.05) is 0 Å². The zero-order valence-corrected chi connectivity index (χ0v) is 15.7. The molecule has 0 heterocycles. The van der Waals surface area contributed by atoms with Gasteiger partial charge in [-0.1, -0.05) is 62.4 Å². The highest BCUT2D eigenvalue weighted by Crippen LogP contribution is 2.37. The third kappa shape index (κ3) is 4.11. The minimum Gasteiger partial charge on any atom is -0.302 e. The number of hydrogen-bond acceptors (Lipinski definition) is 4. The van der Waals surface area contributed by atoms with Crippen LogP contribution in [0.4, 0.5) is 26.3 Å². The third-order valence-electron chi connectivity index (χ3n) is 5.11. The number of benzene rings is 2. The van der Waals surface area contributed by atoms with Crippen molar-refractivity contribution in [2.45, 2.75) is 42.9 Å². The fourth-order valence-corrected chi connectivity index (χ4v) is 2.82. The first-order valence-corrected chi connectivity index (χ1v) is 8.43. The van der Waals surface area contributed by atoms with E-state index in [2.05, 4.69) is 0 Å². The molecule has 0 bridgehead atoms. The maximum atomic E-state index is 13.0. The van der Waals surface area contributed by atoms with E-state index in [0.717, 1.165) is 0 Å². The average Bonchev–Trinajstić information content (AvgIpc) is 2.60. The predicted octanol–water partition coefficient (Wildman–Crippen LogP) is 3.28. The Morgan fingerprint density at radius 2 is 0.690 bits per heavy atom. The first-order valence-electron chi connectivity index (χ1n) is 8.43. The van der Waals surface area contributed by atoms with E-state index < -0.39 is 29.1 Å². The number of nitrogens with two attached hydrogens (primary N) is 4. The van der Waals surface area contributed by atoms with Crippen LogP contribution in [0.1, 0.15) is 36.1 Å². The standard InChI is InChI=1S/C19H22F6N4/c1-15(2,11-3-7-13(8-4-11)16(26,27)18(20,21)22)12-5-9-14(10-6-12)17(28,29)19(23,24)25/h3-10H,26-29H2,1-2H3. The van der Waals surface area contributed by atoms with Gasteiger partial charge in [0, 0.05) is 5.41 Å². The van der Waals surface area contributed by atoms with Crippen LogP contribution >= 0.6 is 0 Å². The number of hydrogen-bond donors (Lipinski definition) is 4. The van der Waals surface area contributed by atoms with Crippen molar-refractivity contribution in [3.8, 4) is 0 Å². The van der Waals surface area contributed by atoms with E-state index in [1.165, 1.54) is 48.5 Å². The Morgan fingerprint density at radius 3 is 0.897 bits per heavy atom. The van der Waals surface area contributed by atoms with Gasteiger partial charge < -0.3 is 22.9 Å². The van der Waals surface area contributed by atoms with E-state index >= 15 is 0 Å². The summed E-state index contributed by atoms with van der Waals surface area (Å²) in [6.07, 6.45) is -9.68. The van der Waals surface area contributed by atoms with Gasteiger partial charge in [-0.15, -0.1) is 0 Å². The van der Waals surface area contributed by atoms with Crippen molar-refractivity contribution in [1.29, 1.82) is 0 Å². The van der Waals surface area contributed by atoms with Gasteiger partial charge in [-0.25, -0.2) is 0 Å². The second kappa shape index (κ2) is 6.98. The highest BCUT2D eigenvalue weighted by Gasteiger charge is 2.51. The molecular formula is C19H22F6N4. The highest BCUT2D eigenvalue weighted by atomic mass is 19.4. The maximum Gasteiger partial charge on any atom is 0.423 e. The molecule has 4 nitrogen and oxygen atoms in total. The Bertz CT molecular complexity index is 779. The van der Waals surface area contributed by atoms with E-state index in [1.54, 1.807) is 13.8 Å². The number of rotatable bonds is 4. The quantitative estimate of drug-likeness (QED) is 0.450. The first-order chi connectivity index (χ1) is 12.9. The second-order valence-electron chi connectivity index (χ2n) is 7.51. The summed E-state index contributed by atoms with van der Waals surface area (Å²) in [5.74, 6) is 0. The summed E-state index contributed by atoms with van der Waals surface area (Å²) in [4.78, 5) is 0. The molecule has 2 aromatic carbocycles. The van der Waals surface area contributed by atoms with Crippen LogP contribution in [-0.2, 0) is 16.7 Å². The van der Waals surface area contributed by atoms with E-state index in [4.69, 9.17) is 22.9 Å². The molecule has 0 aliphatic carbocycles. The van der Waals surface area contributed by atoms with Gasteiger partial charge in [-0.2, -0.15) is 26.3 Å². The average molecular weight is 420 g/mol. The molecule has 0 spiro atoms. The minimum atomic E-state index is -4.84. The van der Waals surface area contributed by atoms with Crippen LogP contribution in [-0.4, -0.2) is 12.4 Å². The highest BCUT2D eigenvalue weighted by molar-refractivity contribution is 5.42. The predicted molar refractivity (Wildman–Crippen MR) is 97.2 cm³/mol. The minimum absolute atomic E-state index is 0.318. The summed E-state index contributed by atoms with van der Waals surface area (Å²) in [5.41, 5.74) is 14.7. The molecule has 0 fully saturated rings. The maximum absolute atomic E-state index is 13.0. The van der Waals surface area contributed by atoms with Crippen LogP contribution in [0.3, 0.4) is 0 Å². The molecule has 8 N–H and O–H groups in total. The van der Waals surface area contributed by atoms with Crippen LogP contribution in [0.25, 0.3) is 0 Å². The molecule has 0 unspecified atom stereocenters. The van der Waals surface area contributed by atoms with Gasteiger partial charge in [0.05, 0.1) is 0 Å². The zero-order chi connectivity index (χ0) is 22.5. The van der Waals surface area contributed by atoms with Crippen LogP contribution in [0.2, 0.25) is 0 Å². The van der Waals surface area contributed by atoms with Crippen LogP contribution in [0.5, 0.6) is 0 Å². The van der Waals surface area contributed by atoms with Crippen molar-refractivity contribution in [2.75, 3.05) is 0 Å². The monoisotopic (exact) mass is 420 g/mol. The van der Waals surface area contributed by atoms with E-state index in [-0.39, 0.29) is 11.1 Å². The Kier molecular flexibility index (Phi) is 5.57. The van der Waals surface area contributed by atoms with Gasteiger partial charge in [0.2, 0.25) is 0 Å². The Hall–Kier alpha value is -2.14. The van der Waals surface area contributed by atoms with Crippen molar-refractivity contribution in [1.82, 2.24) is 0 Å². The first kappa shape index (κ1) is 23.1. The molecule has 0 aliphatic rings. The van der Waals surface area contributed by atoms with Crippen molar-refractivity contribution in [3.05, 3.63) is 70.8 Å². The molecule has 0 atom stereocenters. The Morgan fingerprint density at radius 1 is 0.483 bits per heavy atom. The van der Waals surface area contributed by atoms with Crippen molar-refractivity contribution >= 4 is 0 Å². The summed E-state index contributed by atoms with van der Waals surface area (Å²) in [5, 5.41) is 0. The Balaban J connectivity index is 2.36. The van der Waals surface area contributed by atoms with Gasteiger partial charge in [-0.3, -0.25) is 0 Å². The van der Waals surface area contributed by atoms with Crippen molar-refractivity contribution in [2.24, 2.45) is 22.9 Å². The Labute approximate surface area is 163 Å². The fraction of sp³-hybridized carbons (Fsp3) is 0.368. The van der Waals surface area contributed by atoms with Crippen LogP contribution in [0, 0.1) is 0 Å². The van der Waals surface area contributed by atoms with Crippen LogP contribution < -0.4 is 22.9 Å². The number of halogens is 6. The lowest BCUT2D eigenvalue weighted by molar-refractivity contribution is -0.188. The molecule has 0 amide bonds.